The van der Waals surface area contributed by atoms with Crippen molar-refractivity contribution in [3.63, 3.8) is 0 Å². The lowest BCUT2D eigenvalue weighted by Gasteiger charge is -2.17. The highest BCUT2D eigenvalue weighted by Crippen LogP contribution is 2.31. The molecule has 22 heavy (non-hydrogen) atoms. The van der Waals surface area contributed by atoms with Gasteiger partial charge in [0.2, 0.25) is 0 Å². The highest BCUT2D eigenvalue weighted by atomic mass is 35.5. The molecule has 0 saturated carbocycles. The smallest absolute Gasteiger partial charge is 0.329 e. The number of thioether (sulfide) groups is 1. The Labute approximate surface area is 138 Å². The standard InChI is InChI=1S/C17H15ClO3S/c1-11(19)22-15-9-5-13(6-10-15)12-3-7-14(8-4-12)17(2,18)16(20)21/h3-10H,1-2H3,(H,20,21). The molecular weight excluding hydrogens is 320 g/mol. The van der Waals surface area contributed by atoms with Gasteiger partial charge in [-0.15, -0.1) is 11.6 Å². The van der Waals surface area contributed by atoms with Crippen LogP contribution in [0.5, 0.6) is 0 Å². The first-order valence-corrected chi connectivity index (χ1v) is 7.82. The SMILES string of the molecule is CC(=O)Sc1ccc(-c2ccc(C(C)(Cl)C(=O)O)cc2)cc1. The number of hydrogen-bond donors (Lipinski definition) is 1. The van der Waals surface area contributed by atoms with E-state index in [2.05, 4.69) is 0 Å². The zero-order chi connectivity index (χ0) is 16.3. The van der Waals surface area contributed by atoms with Gasteiger partial charge < -0.3 is 5.11 Å². The number of alkyl halides is 1. The van der Waals surface area contributed by atoms with Gasteiger partial charge in [0.1, 0.15) is 0 Å². The maximum Gasteiger partial charge on any atom is 0.329 e. The van der Waals surface area contributed by atoms with Crippen LogP contribution in [0.4, 0.5) is 0 Å². The van der Waals surface area contributed by atoms with Crippen LogP contribution in [0.25, 0.3) is 11.1 Å². The Hall–Kier alpha value is -1.78. The number of benzene rings is 2. The largest absolute Gasteiger partial charge is 0.480 e. The van der Waals surface area contributed by atoms with E-state index in [1.165, 1.54) is 25.6 Å². The topological polar surface area (TPSA) is 54.4 Å². The summed E-state index contributed by atoms with van der Waals surface area (Å²) in [5.41, 5.74) is 2.49. The van der Waals surface area contributed by atoms with Gasteiger partial charge >= 0.3 is 5.97 Å². The first kappa shape index (κ1) is 16.6. The van der Waals surface area contributed by atoms with Crippen LogP contribution in [0, 0.1) is 0 Å². The van der Waals surface area contributed by atoms with E-state index >= 15 is 0 Å². The molecular formula is C17H15ClO3S. The molecule has 2 aromatic carbocycles. The number of carboxylic acid groups (broad SMARTS) is 1. The van der Waals surface area contributed by atoms with Gasteiger partial charge in [-0.3, -0.25) is 4.79 Å². The van der Waals surface area contributed by atoms with Crippen molar-refractivity contribution in [3.8, 4) is 11.1 Å². The molecule has 0 aromatic heterocycles. The van der Waals surface area contributed by atoms with Crippen LogP contribution < -0.4 is 0 Å². The second-order valence-electron chi connectivity index (χ2n) is 5.00. The highest BCUT2D eigenvalue weighted by Gasteiger charge is 2.32. The van der Waals surface area contributed by atoms with Crippen LogP contribution in [0.1, 0.15) is 19.4 Å². The van der Waals surface area contributed by atoms with Gasteiger partial charge in [0.25, 0.3) is 0 Å². The van der Waals surface area contributed by atoms with Gasteiger partial charge in [-0.25, -0.2) is 4.79 Å². The maximum atomic E-state index is 11.1. The van der Waals surface area contributed by atoms with E-state index in [0.717, 1.165) is 16.0 Å². The number of halogens is 1. The fraction of sp³-hybridized carbons (Fsp3) is 0.176. The van der Waals surface area contributed by atoms with Crippen molar-refractivity contribution in [2.24, 2.45) is 0 Å². The van der Waals surface area contributed by atoms with Crippen LogP contribution in [0.2, 0.25) is 0 Å². The summed E-state index contributed by atoms with van der Waals surface area (Å²) >= 11 is 7.22. The van der Waals surface area contributed by atoms with Crippen LogP contribution in [-0.2, 0) is 14.5 Å². The summed E-state index contributed by atoms with van der Waals surface area (Å²) in [6.45, 7) is 2.99. The molecule has 0 aliphatic rings. The molecule has 0 radical (unpaired) electrons. The van der Waals surface area contributed by atoms with Crippen molar-refractivity contribution in [3.05, 3.63) is 54.1 Å². The van der Waals surface area contributed by atoms with Crippen LogP contribution in [0.3, 0.4) is 0 Å². The summed E-state index contributed by atoms with van der Waals surface area (Å²) in [7, 11) is 0. The molecule has 5 heteroatoms. The molecule has 0 aliphatic heterocycles. The fourth-order valence-corrected chi connectivity index (χ4v) is 2.71. The van der Waals surface area contributed by atoms with Crippen molar-refractivity contribution >= 4 is 34.4 Å². The average molecular weight is 335 g/mol. The summed E-state index contributed by atoms with van der Waals surface area (Å²) < 4.78 is 0. The van der Waals surface area contributed by atoms with Gasteiger partial charge in [-0.05, 0) is 35.7 Å². The molecule has 0 saturated heterocycles. The normalized spacial score (nSPS) is 13.4. The maximum absolute atomic E-state index is 11.1. The second-order valence-corrected chi connectivity index (χ2v) is 7.01. The first-order chi connectivity index (χ1) is 10.3. The molecule has 1 atom stereocenters. The minimum atomic E-state index is -1.43. The van der Waals surface area contributed by atoms with Gasteiger partial charge in [0, 0.05) is 11.8 Å². The van der Waals surface area contributed by atoms with Crippen molar-refractivity contribution in [1.82, 2.24) is 0 Å². The van der Waals surface area contributed by atoms with E-state index in [1.807, 2.05) is 36.4 Å². The van der Waals surface area contributed by atoms with E-state index in [0.29, 0.717) is 5.56 Å². The Morgan fingerprint density at radius 1 is 1.00 bits per heavy atom. The van der Waals surface area contributed by atoms with Crippen molar-refractivity contribution in [2.75, 3.05) is 0 Å². The van der Waals surface area contributed by atoms with Crippen molar-refractivity contribution in [2.45, 2.75) is 23.6 Å². The average Bonchev–Trinajstić information content (AvgIpc) is 2.47. The number of hydrogen-bond acceptors (Lipinski definition) is 3. The van der Waals surface area contributed by atoms with E-state index in [9.17, 15) is 9.59 Å². The fourth-order valence-electron chi connectivity index (χ4n) is 1.98. The summed E-state index contributed by atoms with van der Waals surface area (Å²) in [5, 5.41) is 9.17. The molecule has 2 rings (SSSR count). The Bertz CT molecular complexity index is 691. The Balaban J connectivity index is 2.24. The Morgan fingerprint density at radius 3 is 1.86 bits per heavy atom. The first-order valence-electron chi connectivity index (χ1n) is 6.62. The zero-order valence-electron chi connectivity index (χ0n) is 12.2. The Morgan fingerprint density at radius 2 is 1.45 bits per heavy atom. The molecule has 0 fully saturated rings. The van der Waals surface area contributed by atoms with E-state index in [1.54, 1.807) is 12.1 Å². The minimum absolute atomic E-state index is 0.0483. The lowest BCUT2D eigenvalue weighted by atomic mass is 9.97. The second kappa shape index (κ2) is 6.55. The third-order valence-corrected chi connectivity index (χ3v) is 4.45. The van der Waals surface area contributed by atoms with Crippen molar-refractivity contribution in [1.29, 1.82) is 0 Å². The highest BCUT2D eigenvalue weighted by molar-refractivity contribution is 8.13. The summed E-state index contributed by atoms with van der Waals surface area (Å²) in [6, 6.07) is 14.7. The monoisotopic (exact) mass is 334 g/mol. The molecule has 0 amide bonds. The quantitative estimate of drug-likeness (QED) is 0.659. The molecule has 114 valence electrons. The predicted molar refractivity (Wildman–Crippen MR) is 89.3 cm³/mol. The summed E-state index contributed by atoms with van der Waals surface area (Å²) in [6.07, 6.45) is 0. The van der Waals surface area contributed by atoms with Crippen molar-refractivity contribution < 1.29 is 14.7 Å². The van der Waals surface area contributed by atoms with E-state index in [-0.39, 0.29) is 5.12 Å². The third kappa shape index (κ3) is 3.70. The van der Waals surface area contributed by atoms with Gasteiger partial charge in [0.05, 0.1) is 0 Å². The Kier molecular flexibility index (Phi) is 4.94. The number of carbonyl (C=O) groups excluding carboxylic acids is 1. The molecule has 1 N–H and O–H groups in total. The molecule has 0 heterocycles. The van der Waals surface area contributed by atoms with E-state index < -0.39 is 10.8 Å². The molecule has 0 aliphatic carbocycles. The van der Waals surface area contributed by atoms with Crippen LogP contribution >= 0.6 is 23.4 Å². The molecule has 1 unspecified atom stereocenters. The lowest BCUT2D eigenvalue weighted by molar-refractivity contribution is -0.140. The number of rotatable bonds is 4. The van der Waals surface area contributed by atoms with Gasteiger partial charge in [-0.1, -0.05) is 48.2 Å². The number of aliphatic carboxylic acids is 1. The van der Waals surface area contributed by atoms with Crippen LogP contribution in [0.15, 0.2) is 53.4 Å². The molecule has 2 aromatic rings. The number of carbonyl (C=O) groups is 2. The molecule has 0 spiro atoms. The van der Waals surface area contributed by atoms with E-state index in [4.69, 9.17) is 16.7 Å². The summed E-state index contributed by atoms with van der Waals surface area (Å²) in [4.78, 5) is 21.7. The zero-order valence-corrected chi connectivity index (χ0v) is 13.7. The van der Waals surface area contributed by atoms with Gasteiger partial charge in [0.15, 0.2) is 9.99 Å². The number of carboxylic acids is 1. The minimum Gasteiger partial charge on any atom is -0.480 e. The third-order valence-electron chi connectivity index (χ3n) is 3.28. The predicted octanol–water partition coefficient (Wildman–Crippen LogP) is 4.53. The molecule has 0 bridgehead atoms. The van der Waals surface area contributed by atoms with Crippen LogP contribution in [-0.4, -0.2) is 16.2 Å². The summed E-state index contributed by atoms with van der Waals surface area (Å²) in [5.74, 6) is -1.08. The lowest BCUT2D eigenvalue weighted by Crippen LogP contribution is -2.25. The molecule has 3 nitrogen and oxygen atoms in total. The van der Waals surface area contributed by atoms with Gasteiger partial charge in [-0.2, -0.15) is 0 Å².